The van der Waals surface area contributed by atoms with Crippen molar-refractivity contribution in [1.29, 1.82) is 0 Å². The van der Waals surface area contributed by atoms with Gasteiger partial charge in [-0.1, -0.05) is 30.6 Å². The Labute approximate surface area is 148 Å². The van der Waals surface area contributed by atoms with Gasteiger partial charge in [-0.25, -0.2) is 4.79 Å². The topological polar surface area (TPSA) is 98.9 Å². The van der Waals surface area contributed by atoms with E-state index in [2.05, 4.69) is 5.16 Å². The van der Waals surface area contributed by atoms with E-state index in [0.29, 0.717) is 16.9 Å². The smallest absolute Gasteiger partial charge is 0.312 e. The van der Waals surface area contributed by atoms with Gasteiger partial charge in [-0.3, -0.25) is 14.9 Å². The summed E-state index contributed by atoms with van der Waals surface area (Å²) in [6.45, 7) is 5.42. The molecule has 1 aromatic rings. The third kappa shape index (κ3) is 4.19. The van der Waals surface area contributed by atoms with Gasteiger partial charge in [-0.15, -0.1) is 0 Å². The highest BCUT2D eigenvalue weighted by Gasteiger charge is 2.20. The Bertz CT molecular complexity index is 853. The first-order valence-electron chi connectivity index (χ1n) is 7.38. The fourth-order valence-corrected chi connectivity index (χ4v) is 2.41. The highest BCUT2D eigenvalue weighted by molar-refractivity contribution is 6.33. The number of carbonyl (C=O) groups is 2. The molecule has 25 heavy (non-hydrogen) atoms. The van der Waals surface area contributed by atoms with Gasteiger partial charge < -0.3 is 4.84 Å². The number of ketones is 1. The summed E-state index contributed by atoms with van der Waals surface area (Å²) >= 11 is 5.88. The number of allylic oxidation sites excluding steroid dienone is 4. The van der Waals surface area contributed by atoms with Gasteiger partial charge in [0.2, 0.25) is 0 Å². The van der Waals surface area contributed by atoms with E-state index in [1.807, 2.05) is 13.8 Å². The fourth-order valence-electron chi connectivity index (χ4n) is 2.16. The third-order valence-electron chi connectivity index (χ3n) is 3.56. The van der Waals surface area contributed by atoms with E-state index in [0.717, 1.165) is 12.1 Å². The number of benzene rings is 1. The number of rotatable bonds is 4. The molecule has 1 aliphatic carbocycles. The van der Waals surface area contributed by atoms with E-state index in [4.69, 9.17) is 16.4 Å². The minimum atomic E-state index is -0.850. The molecule has 7 nitrogen and oxygen atoms in total. The number of nitro groups is 1. The molecule has 0 radical (unpaired) electrons. The Hall–Kier alpha value is -2.80. The van der Waals surface area contributed by atoms with Gasteiger partial charge >= 0.3 is 5.97 Å². The molecule has 0 spiro atoms. The molecule has 0 bridgehead atoms. The summed E-state index contributed by atoms with van der Waals surface area (Å²) in [5, 5.41) is 14.4. The molecule has 1 aromatic carbocycles. The molecule has 0 aliphatic heterocycles. The van der Waals surface area contributed by atoms with Crippen LogP contribution < -0.4 is 0 Å². The summed E-state index contributed by atoms with van der Waals surface area (Å²) in [4.78, 5) is 38.9. The third-order valence-corrected chi connectivity index (χ3v) is 3.87. The van der Waals surface area contributed by atoms with Crippen LogP contribution in [0.5, 0.6) is 0 Å². The summed E-state index contributed by atoms with van der Waals surface area (Å²) in [6.07, 6.45) is 3.01. The Morgan fingerprint density at radius 3 is 2.56 bits per heavy atom. The number of hydrogen-bond acceptors (Lipinski definition) is 6. The highest BCUT2D eigenvalue weighted by Crippen LogP contribution is 2.24. The Morgan fingerprint density at radius 2 is 2.00 bits per heavy atom. The van der Waals surface area contributed by atoms with Crippen LogP contribution >= 0.6 is 11.6 Å². The molecule has 0 saturated carbocycles. The number of non-ortho nitro benzene ring substituents is 1. The maximum atomic E-state index is 12.1. The Balaban J connectivity index is 2.23. The molecule has 8 heteroatoms. The van der Waals surface area contributed by atoms with E-state index in [1.165, 1.54) is 12.1 Å². The predicted molar refractivity (Wildman–Crippen MR) is 92.6 cm³/mol. The van der Waals surface area contributed by atoms with Crippen molar-refractivity contribution in [2.45, 2.75) is 20.8 Å². The van der Waals surface area contributed by atoms with Crippen LogP contribution in [-0.2, 0) is 9.63 Å². The second kappa shape index (κ2) is 7.40. The first-order valence-corrected chi connectivity index (χ1v) is 7.76. The van der Waals surface area contributed by atoms with Gasteiger partial charge in [0.1, 0.15) is 5.71 Å². The SMILES string of the molecule is CC1=CC(=O)C(C(C)C)=C/C1=N\OC(=O)c1ccc([N+](=O)[O-])cc1Cl. The lowest BCUT2D eigenvalue weighted by Gasteiger charge is -2.14. The zero-order valence-electron chi connectivity index (χ0n) is 13.8. The molecule has 0 N–H and O–H groups in total. The molecular weight excluding hydrogens is 348 g/mol. The van der Waals surface area contributed by atoms with Gasteiger partial charge in [0.25, 0.3) is 5.69 Å². The van der Waals surface area contributed by atoms with Crippen LogP contribution in [0.1, 0.15) is 31.1 Å². The van der Waals surface area contributed by atoms with Crippen LogP contribution in [-0.4, -0.2) is 22.4 Å². The minimum absolute atomic E-state index is 0.00173. The van der Waals surface area contributed by atoms with E-state index >= 15 is 0 Å². The van der Waals surface area contributed by atoms with E-state index in [-0.39, 0.29) is 28.0 Å². The first kappa shape index (κ1) is 18.5. The van der Waals surface area contributed by atoms with Gasteiger partial charge in [0.05, 0.1) is 15.5 Å². The summed E-state index contributed by atoms with van der Waals surface area (Å²) in [5.41, 5.74) is 1.21. The van der Waals surface area contributed by atoms with Crippen molar-refractivity contribution >= 4 is 34.8 Å². The van der Waals surface area contributed by atoms with Crippen LogP contribution in [0.2, 0.25) is 5.02 Å². The van der Waals surface area contributed by atoms with Gasteiger partial charge in [-0.2, -0.15) is 0 Å². The summed E-state index contributed by atoms with van der Waals surface area (Å²) in [5.74, 6) is -0.949. The molecule has 0 amide bonds. The summed E-state index contributed by atoms with van der Waals surface area (Å²) in [7, 11) is 0. The zero-order chi connectivity index (χ0) is 18.7. The number of halogens is 1. The average Bonchev–Trinajstić information content (AvgIpc) is 2.53. The van der Waals surface area contributed by atoms with Crippen LogP contribution in [0.3, 0.4) is 0 Å². The Kier molecular flexibility index (Phi) is 5.48. The van der Waals surface area contributed by atoms with E-state index in [9.17, 15) is 19.7 Å². The summed E-state index contributed by atoms with van der Waals surface area (Å²) in [6, 6.07) is 3.41. The van der Waals surface area contributed by atoms with E-state index < -0.39 is 10.9 Å². The maximum Gasteiger partial charge on any atom is 0.367 e. The lowest BCUT2D eigenvalue weighted by atomic mass is 9.90. The normalized spacial score (nSPS) is 15.9. The molecule has 0 unspecified atom stereocenters. The largest absolute Gasteiger partial charge is 0.367 e. The van der Waals surface area contributed by atoms with Gasteiger partial charge in [-0.05, 0) is 36.6 Å². The van der Waals surface area contributed by atoms with E-state index in [1.54, 1.807) is 13.0 Å². The van der Waals surface area contributed by atoms with Crippen molar-refractivity contribution in [2.24, 2.45) is 11.1 Å². The molecule has 1 aliphatic rings. The highest BCUT2D eigenvalue weighted by atomic mass is 35.5. The van der Waals surface area contributed by atoms with Crippen molar-refractivity contribution in [3.63, 3.8) is 0 Å². The van der Waals surface area contributed by atoms with Crippen molar-refractivity contribution in [3.8, 4) is 0 Å². The number of hydrogen-bond donors (Lipinski definition) is 0. The van der Waals surface area contributed by atoms with Crippen LogP contribution in [0.4, 0.5) is 5.69 Å². The maximum absolute atomic E-state index is 12.1. The molecule has 130 valence electrons. The predicted octanol–water partition coefficient (Wildman–Crippen LogP) is 3.87. The van der Waals surface area contributed by atoms with Crippen LogP contribution in [0, 0.1) is 16.0 Å². The molecule has 0 heterocycles. The molecule has 2 rings (SSSR count). The molecule has 0 fully saturated rings. The quantitative estimate of drug-likeness (QED) is 0.350. The zero-order valence-corrected chi connectivity index (χ0v) is 14.5. The van der Waals surface area contributed by atoms with Crippen molar-refractivity contribution in [2.75, 3.05) is 0 Å². The lowest BCUT2D eigenvalue weighted by molar-refractivity contribution is -0.384. The summed E-state index contributed by atoms with van der Waals surface area (Å²) < 4.78 is 0. The number of nitro benzene ring substituents is 1. The molecular formula is C17H15ClN2O5. The second-order valence-electron chi connectivity index (χ2n) is 5.72. The van der Waals surface area contributed by atoms with Gasteiger partial charge in [0.15, 0.2) is 5.78 Å². The van der Waals surface area contributed by atoms with Crippen LogP contribution in [0.25, 0.3) is 0 Å². The molecule has 0 atom stereocenters. The monoisotopic (exact) mass is 362 g/mol. The van der Waals surface area contributed by atoms with Crippen molar-refractivity contribution in [3.05, 3.63) is 62.2 Å². The molecule has 0 aromatic heterocycles. The van der Waals surface area contributed by atoms with Crippen molar-refractivity contribution < 1.29 is 19.3 Å². The Morgan fingerprint density at radius 1 is 1.32 bits per heavy atom. The second-order valence-corrected chi connectivity index (χ2v) is 6.13. The average molecular weight is 363 g/mol. The molecule has 0 saturated heterocycles. The number of oxime groups is 1. The van der Waals surface area contributed by atoms with Gasteiger partial charge in [0, 0.05) is 17.7 Å². The number of carbonyl (C=O) groups excluding carboxylic acids is 2. The lowest BCUT2D eigenvalue weighted by Crippen LogP contribution is -2.16. The number of nitrogens with zero attached hydrogens (tertiary/aromatic N) is 2. The van der Waals surface area contributed by atoms with Crippen molar-refractivity contribution in [1.82, 2.24) is 0 Å². The fraction of sp³-hybridized carbons (Fsp3) is 0.235. The minimum Gasteiger partial charge on any atom is -0.312 e. The first-order chi connectivity index (χ1) is 11.7. The standard InChI is InChI=1S/C17H15ClN2O5/c1-9(2)13-8-15(10(3)6-16(13)21)19-25-17(22)12-5-4-11(20(23)24)7-14(12)18/h4-9H,1-3H3/b19-15+. The van der Waals surface area contributed by atoms with Crippen LogP contribution in [0.15, 0.2) is 46.7 Å².